The van der Waals surface area contributed by atoms with Crippen LogP contribution in [0.2, 0.25) is 0 Å². The minimum absolute atomic E-state index is 0.0977. The van der Waals surface area contributed by atoms with Crippen LogP contribution in [0.15, 0.2) is 24.3 Å². The van der Waals surface area contributed by atoms with Crippen molar-refractivity contribution < 1.29 is 14.2 Å². The van der Waals surface area contributed by atoms with Crippen molar-refractivity contribution in [1.82, 2.24) is 5.32 Å². The van der Waals surface area contributed by atoms with Gasteiger partial charge in [-0.25, -0.2) is 4.39 Å². The molecule has 1 heterocycles. The van der Waals surface area contributed by atoms with Crippen molar-refractivity contribution in [3.63, 3.8) is 0 Å². The molecule has 6 heteroatoms. The lowest BCUT2D eigenvalue weighted by Crippen LogP contribution is -2.36. The summed E-state index contributed by atoms with van der Waals surface area (Å²) in [5.41, 5.74) is 0. The molecule has 1 fully saturated rings. The maximum atomic E-state index is 13.3. The third kappa shape index (κ3) is 5.52. The molecule has 0 bridgehead atoms. The van der Waals surface area contributed by atoms with E-state index in [0.717, 1.165) is 6.54 Å². The van der Waals surface area contributed by atoms with E-state index in [0.29, 0.717) is 11.8 Å². The second-order valence-corrected chi connectivity index (χ2v) is 7.18. The highest BCUT2D eigenvalue weighted by molar-refractivity contribution is 8.06. The molecule has 0 aromatic heterocycles. The van der Waals surface area contributed by atoms with Gasteiger partial charge in [-0.2, -0.15) is 23.5 Å². The third-order valence-corrected chi connectivity index (χ3v) is 5.75. The molecule has 1 aromatic rings. The Morgan fingerprint density at radius 3 is 3.00 bits per heavy atom. The number of nitrogens with one attached hydrogen (secondary N) is 1. The number of rotatable bonds is 7. The summed E-state index contributed by atoms with van der Waals surface area (Å²) in [7, 11) is 0. The lowest BCUT2D eigenvalue weighted by atomic mass is 10.3. The van der Waals surface area contributed by atoms with E-state index in [1.54, 1.807) is 18.2 Å². The molecule has 0 radical (unpaired) electrons. The lowest BCUT2D eigenvalue weighted by molar-refractivity contribution is 0.104. The highest BCUT2D eigenvalue weighted by Gasteiger charge is 2.14. The monoisotopic (exact) mass is 317 g/mol. The number of benzene rings is 1. The number of hydrogen-bond acceptors (Lipinski definition) is 5. The second-order valence-electron chi connectivity index (χ2n) is 4.62. The van der Waals surface area contributed by atoms with Crippen LogP contribution in [-0.2, 0) is 0 Å². The summed E-state index contributed by atoms with van der Waals surface area (Å²) < 4.78 is 18.6. The number of hydrogen-bond donors (Lipinski definition) is 2. The van der Waals surface area contributed by atoms with Gasteiger partial charge in [0.05, 0.1) is 0 Å². The van der Waals surface area contributed by atoms with Gasteiger partial charge in [0.2, 0.25) is 0 Å². The molecule has 0 saturated carbocycles. The molecule has 1 aliphatic rings. The number of ether oxygens (including phenoxy) is 1. The Labute approximate surface area is 127 Å². The molecule has 2 N–H and O–H groups in total. The zero-order valence-electron chi connectivity index (χ0n) is 11.3. The maximum Gasteiger partial charge on any atom is 0.165 e. The van der Waals surface area contributed by atoms with Crippen molar-refractivity contribution in [3.05, 3.63) is 30.1 Å². The van der Waals surface area contributed by atoms with Crippen LogP contribution in [0.4, 0.5) is 4.39 Å². The minimum Gasteiger partial charge on any atom is -0.488 e. The third-order valence-electron chi connectivity index (χ3n) is 2.90. The van der Waals surface area contributed by atoms with Crippen molar-refractivity contribution in [2.24, 2.45) is 0 Å². The van der Waals surface area contributed by atoms with Crippen molar-refractivity contribution >= 4 is 23.5 Å². The molecule has 20 heavy (non-hydrogen) atoms. The maximum absolute atomic E-state index is 13.3. The van der Waals surface area contributed by atoms with Crippen LogP contribution in [0, 0.1) is 5.82 Å². The summed E-state index contributed by atoms with van der Waals surface area (Å²) >= 11 is 3.96. The molecule has 2 unspecified atom stereocenters. The Morgan fingerprint density at radius 2 is 2.25 bits per heavy atom. The van der Waals surface area contributed by atoms with Gasteiger partial charge in [0.1, 0.15) is 12.7 Å². The van der Waals surface area contributed by atoms with E-state index in [9.17, 15) is 9.50 Å². The number of aliphatic hydroxyl groups excluding tert-OH is 1. The fourth-order valence-corrected chi connectivity index (χ4v) is 4.52. The van der Waals surface area contributed by atoms with Crippen LogP contribution in [-0.4, -0.2) is 53.4 Å². The molecule has 1 saturated heterocycles. The van der Waals surface area contributed by atoms with Crippen molar-refractivity contribution in [1.29, 1.82) is 0 Å². The molecule has 1 aliphatic heterocycles. The SMILES string of the molecule is OC(CNCC1CSCCS1)COc1ccccc1F. The van der Waals surface area contributed by atoms with Crippen LogP contribution in [0.5, 0.6) is 5.75 Å². The number of aliphatic hydroxyl groups is 1. The lowest BCUT2D eigenvalue weighted by Gasteiger charge is -2.22. The van der Waals surface area contributed by atoms with Crippen LogP contribution < -0.4 is 10.1 Å². The Balaban J connectivity index is 1.60. The Kier molecular flexibility index (Phi) is 6.99. The summed E-state index contributed by atoms with van der Waals surface area (Å²) in [5.74, 6) is 3.39. The Bertz CT molecular complexity index is 403. The van der Waals surface area contributed by atoms with Gasteiger partial charge in [0.25, 0.3) is 0 Å². The normalized spacial score (nSPS) is 20.6. The molecule has 2 rings (SSSR count). The predicted octanol–water partition coefficient (Wildman–Crippen LogP) is 2.00. The summed E-state index contributed by atoms with van der Waals surface area (Å²) in [6.45, 7) is 1.46. The van der Waals surface area contributed by atoms with Gasteiger partial charge >= 0.3 is 0 Å². The highest BCUT2D eigenvalue weighted by atomic mass is 32.2. The van der Waals surface area contributed by atoms with Gasteiger partial charge in [0, 0.05) is 35.6 Å². The van der Waals surface area contributed by atoms with Crippen LogP contribution in [0.3, 0.4) is 0 Å². The van der Waals surface area contributed by atoms with E-state index in [2.05, 4.69) is 5.32 Å². The molecule has 0 amide bonds. The Hall–Kier alpha value is -0.430. The van der Waals surface area contributed by atoms with E-state index in [1.807, 2.05) is 23.5 Å². The van der Waals surface area contributed by atoms with Gasteiger partial charge in [-0.15, -0.1) is 0 Å². The van der Waals surface area contributed by atoms with E-state index in [1.165, 1.54) is 23.3 Å². The number of para-hydroxylation sites is 1. The first-order chi connectivity index (χ1) is 9.75. The first-order valence-electron chi connectivity index (χ1n) is 6.71. The zero-order valence-corrected chi connectivity index (χ0v) is 12.9. The molecular weight excluding hydrogens is 297 g/mol. The average Bonchev–Trinajstić information content (AvgIpc) is 2.47. The highest BCUT2D eigenvalue weighted by Crippen LogP contribution is 2.23. The van der Waals surface area contributed by atoms with Crippen LogP contribution >= 0.6 is 23.5 Å². The van der Waals surface area contributed by atoms with E-state index >= 15 is 0 Å². The van der Waals surface area contributed by atoms with Gasteiger partial charge in [-0.05, 0) is 12.1 Å². The van der Waals surface area contributed by atoms with E-state index < -0.39 is 11.9 Å². The molecule has 112 valence electrons. The van der Waals surface area contributed by atoms with Gasteiger partial charge in [0.15, 0.2) is 11.6 Å². The average molecular weight is 317 g/mol. The zero-order chi connectivity index (χ0) is 14.2. The van der Waals surface area contributed by atoms with Crippen molar-refractivity contribution in [2.75, 3.05) is 37.0 Å². The standard InChI is InChI=1S/C14H20FNO2S2/c15-13-3-1-2-4-14(13)18-9-11(17)7-16-8-12-10-19-5-6-20-12/h1-4,11-12,16-17H,5-10H2. The molecule has 2 atom stereocenters. The topological polar surface area (TPSA) is 41.5 Å². The molecule has 0 spiro atoms. The molecular formula is C14H20FNO2S2. The smallest absolute Gasteiger partial charge is 0.165 e. The van der Waals surface area contributed by atoms with Crippen molar-refractivity contribution in [3.8, 4) is 5.75 Å². The summed E-state index contributed by atoms with van der Waals surface area (Å²) in [5, 5.41) is 13.7. The summed E-state index contributed by atoms with van der Waals surface area (Å²) in [6, 6.07) is 6.23. The second kappa shape index (κ2) is 8.77. The fraction of sp³-hybridized carbons (Fsp3) is 0.571. The molecule has 1 aromatic carbocycles. The summed E-state index contributed by atoms with van der Waals surface area (Å²) in [4.78, 5) is 0. The molecule has 3 nitrogen and oxygen atoms in total. The first-order valence-corrected chi connectivity index (χ1v) is 8.91. The van der Waals surface area contributed by atoms with E-state index in [4.69, 9.17) is 4.74 Å². The van der Waals surface area contributed by atoms with Crippen LogP contribution in [0.1, 0.15) is 0 Å². The van der Waals surface area contributed by atoms with Gasteiger partial charge in [-0.3, -0.25) is 0 Å². The van der Waals surface area contributed by atoms with Gasteiger partial charge in [-0.1, -0.05) is 12.1 Å². The predicted molar refractivity (Wildman–Crippen MR) is 84.3 cm³/mol. The number of halogens is 1. The van der Waals surface area contributed by atoms with Gasteiger partial charge < -0.3 is 15.2 Å². The quantitative estimate of drug-likeness (QED) is 0.805. The molecule has 0 aliphatic carbocycles. The largest absolute Gasteiger partial charge is 0.488 e. The summed E-state index contributed by atoms with van der Waals surface area (Å²) in [6.07, 6.45) is -0.629. The minimum atomic E-state index is -0.629. The van der Waals surface area contributed by atoms with Crippen LogP contribution in [0.25, 0.3) is 0 Å². The van der Waals surface area contributed by atoms with Crippen molar-refractivity contribution in [2.45, 2.75) is 11.4 Å². The first kappa shape index (κ1) is 15.9. The fourth-order valence-electron chi connectivity index (χ4n) is 1.87. The number of thioether (sulfide) groups is 2. The Morgan fingerprint density at radius 1 is 1.40 bits per heavy atom. The van der Waals surface area contributed by atoms with E-state index in [-0.39, 0.29) is 12.4 Å².